The first-order valence-electron chi connectivity index (χ1n) is 7.14. The summed E-state index contributed by atoms with van der Waals surface area (Å²) in [6.45, 7) is 2.27. The molecule has 116 valence electrons. The number of esters is 1. The Labute approximate surface area is 120 Å². The number of hydrogen-bond donors (Lipinski definition) is 2. The molecule has 1 fully saturated rings. The Balaban J connectivity index is 2.75. The molecule has 3 N–H and O–H groups in total. The summed E-state index contributed by atoms with van der Waals surface area (Å²) in [5, 5.41) is 2.79. The highest BCUT2D eigenvalue weighted by Crippen LogP contribution is 2.34. The first-order valence-corrected chi connectivity index (χ1v) is 7.14. The largest absolute Gasteiger partial charge is 0.467 e. The van der Waals surface area contributed by atoms with Gasteiger partial charge in [0.1, 0.15) is 11.6 Å². The molecular formula is C14H26N2O4. The Hall–Kier alpha value is -1.14. The van der Waals surface area contributed by atoms with Crippen molar-refractivity contribution in [3.05, 3.63) is 0 Å². The number of carbonyl (C=O) groups is 2. The topological polar surface area (TPSA) is 90.7 Å². The zero-order chi connectivity index (χ0) is 15.2. The Kier molecular flexibility index (Phi) is 6.42. The van der Waals surface area contributed by atoms with E-state index in [4.69, 9.17) is 15.2 Å². The zero-order valence-electron chi connectivity index (χ0n) is 12.6. The third-order valence-electron chi connectivity index (χ3n) is 4.16. The maximum absolute atomic E-state index is 12.1. The molecule has 1 aliphatic rings. The molecule has 0 spiro atoms. The number of ether oxygens (including phenoxy) is 2. The molecule has 1 saturated carbocycles. The summed E-state index contributed by atoms with van der Waals surface area (Å²) < 4.78 is 9.74. The van der Waals surface area contributed by atoms with E-state index in [1.165, 1.54) is 14.2 Å². The van der Waals surface area contributed by atoms with Crippen LogP contribution in [0.25, 0.3) is 0 Å². The Morgan fingerprint density at radius 2 is 1.95 bits per heavy atom. The molecule has 1 unspecified atom stereocenters. The minimum Gasteiger partial charge on any atom is -0.467 e. The van der Waals surface area contributed by atoms with Crippen LogP contribution in [0.3, 0.4) is 0 Å². The van der Waals surface area contributed by atoms with Crippen molar-refractivity contribution in [2.24, 2.45) is 11.7 Å². The van der Waals surface area contributed by atoms with Crippen molar-refractivity contribution in [2.45, 2.75) is 50.6 Å². The fourth-order valence-electron chi connectivity index (χ4n) is 2.74. The van der Waals surface area contributed by atoms with E-state index in [1.807, 2.05) is 0 Å². The van der Waals surface area contributed by atoms with E-state index < -0.39 is 11.6 Å². The lowest BCUT2D eigenvalue weighted by Gasteiger charge is -2.38. The van der Waals surface area contributed by atoms with Gasteiger partial charge in [-0.2, -0.15) is 0 Å². The fourth-order valence-corrected chi connectivity index (χ4v) is 2.74. The van der Waals surface area contributed by atoms with Gasteiger partial charge >= 0.3 is 5.97 Å². The second kappa shape index (κ2) is 7.59. The molecule has 0 radical (unpaired) electrons. The molecule has 0 aromatic carbocycles. The summed E-state index contributed by atoms with van der Waals surface area (Å²) in [7, 11) is 2.83. The highest BCUT2D eigenvalue weighted by atomic mass is 16.5. The standard InChI is InChI=1S/C14H26N2O4/c1-4-10-5-7-14(8-6-10,13(18)20-3)16-12(17)11(15)9-19-2/h10-11H,4-9,15H2,1-3H3,(H,16,17). The highest BCUT2D eigenvalue weighted by Gasteiger charge is 2.44. The molecule has 0 bridgehead atoms. The van der Waals surface area contributed by atoms with Crippen LogP contribution in [0.4, 0.5) is 0 Å². The average Bonchev–Trinajstić information content (AvgIpc) is 2.47. The van der Waals surface area contributed by atoms with Crippen molar-refractivity contribution >= 4 is 11.9 Å². The molecule has 1 amide bonds. The molecule has 6 nitrogen and oxygen atoms in total. The Morgan fingerprint density at radius 3 is 2.40 bits per heavy atom. The lowest BCUT2D eigenvalue weighted by Crippen LogP contribution is -2.60. The van der Waals surface area contributed by atoms with Crippen LogP contribution in [0.15, 0.2) is 0 Å². The first kappa shape index (κ1) is 16.9. The van der Waals surface area contributed by atoms with Gasteiger partial charge in [-0.1, -0.05) is 13.3 Å². The summed E-state index contributed by atoms with van der Waals surface area (Å²) in [5.74, 6) is -0.144. The van der Waals surface area contributed by atoms with Crippen LogP contribution in [0, 0.1) is 5.92 Å². The van der Waals surface area contributed by atoms with E-state index in [0.29, 0.717) is 18.8 Å². The number of nitrogens with two attached hydrogens (primary N) is 1. The zero-order valence-corrected chi connectivity index (χ0v) is 12.6. The maximum atomic E-state index is 12.1. The van der Waals surface area contributed by atoms with Crippen molar-refractivity contribution in [3.63, 3.8) is 0 Å². The molecule has 6 heteroatoms. The lowest BCUT2D eigenvalue weighted by molar-refractivity contribution is -0.153. The third kappa shape index (κ3) is 3.93. The number of nitrogens with one attached hydrogen (secondary N) is 1. The summed E-state index contributed by atoms with van der Waals surface area (Å²) in [4.78, 5) is 24.1. The van der Waals surface area contributed by atoms with E-state index >= 15 is 0 Å². The number of carbonyl (C=O) groups excluding carboxylic acids is 2. The summed E-state index contributed by atoms with van der Waals surface area (Å²) in [6.07, 6.45) is 4.11. The molecule has 0 aliphatic heterocycles. The normalized spacial score (nSPS) is 27.7. The molecule has 0 heterocycles. The third-order valence-corrected chi connectivity index (χ3v) is 4.16. The smallest absolute Gasteiger partial charge is 0.331 e. The van der Waals surface area contributed by atoms with Gasteiger partial charge in [0.15, 0.2) is 0 Å². The SMILES string of the molecule is CCC1CCC(NC(=O)C(N)COC)(C(=O)OC)CC1. The number of rotatable bonds is 6. The van der Waals surface area contributed by atoms with E-state index in [9.17, 15) is 9.59 Å². The summed E-state index contributed by atoms with van der Waals surface area (Å²) in [6, 6.07) is -0.773. The fraction of sp³-hybridized carbons (Fsp3) is 0.857. The van der Waals surface area contributed by atoms with Crippen molar-refractivity contribution in [1.82, 2.24) is 5.32 Å². The van der Waals surface area contributed by atoms with Gasteiger partial charge in [-0.05, 0) is 31.6 Å². The van der Waals surface area contributed by atoms with Gasteiger partial charge in [0.05, 0.1) is 13.7 Å². The van der Waals surface area contributed by atoms with Crippen molar-refractivity contribution in [1.29, 1.82) is 0 Å². The van der Waals surface area contributed by atoms with E-state index in [2.05, 4.69) is 12.2 Å². The van der Waals surface area contributed by atoms with Crippen LogP contribution in [-0.2, 0) is 19.1 Å². The van der Waals surface area contributed by atoms with Gasteiger partial charge in [0.2, 0.25) is 5.91 Å². The predicted molar refractivity (Wildman–Crippen MR) is 75.0 cm³/mol. The van der Waals surface area contributed by atoms with Gasteiger partial charge in [-0.15, -0.1) is 0 Å². The lowest BCUT2D eigenvalue weighted by atomic mass is 9.75. The van der Waals surface area contributed by atoms with Gasteiger partial charge < -0.3 is 20.5 Å². The Morgan fingerprint density at radius 1 is 1.35 bits per heavy atom. The molecule has 0 saturated heterocycles. The minimum absolute atomic E-state index is 0.126. The average molecular weight is 286 g/mol. The quantitative estimate of drug-likeness (QED) is 0.697. The van der Waals surface area contributed by atoms with E-state index in [1.54, 1.807) is 0 Å². The molecule has 0 aromatic rings. The molecule has 1 atom stereocenters. The maximum Gasteiger partial charge on any atom is 0.331 e. The first-order chi connectivity index (χ1) is 9.49. The molecule has 20 heavy (non-hydrogen) atoms. The van der Waals surface area contributed by atoms with Gasteiger partial charge in [0, 0.05) is 7.11 Å². The van der Waals surface area contributed by atoms with Crippen LogP contribution in [0.2, 0.25) is 0 Å². The van der Waals surface area contributed by atoms with Crippen LogP contribution in [0.5, 0.6) is 0 Å². The van der Waals surface area contributed by atoms with Crippen LogP contribution in [0.1, 0.15) is 39.0 Å². The van der Waals surface area contributed by atoms with Gasteiger partial charge in [0.25, 0.3) is 0 Å². The monoisotopic (exact) mass is 286 g/mol. The molecule has 0 aromatic heterocycles. The van der Waals surface area contributed by atoms with Crippen molar-refractivity contribution in [2.75, 3.05) is 20.8 Å². The molecule has 1 rings (SSSR count). The number of methoxy groups -OCH3 is 2. The predicted octanol–water partition coefficient (Wildman–Crippen LogP) is 0.588. The molecule has 1 aliphatic carbocycles. The number of hydrogen-bond acceptors (Lipinski definition) is 5. The van der Waals surface area contributed by atoms with E-state index in [0.717, 1.165) is 19.3 Å². The van der Waals surface area contributed by atoms with E-state index in [-0.39, 0.29) is 18.5 Å². The van der Waals surface area contributed by atoms with Gasteiger partial charge in [-0.3, -0.25) is 4.79 Å². The second-order valence-electron chi connectivity index (χ2n) is 5.48. The van der Waals surface area contributed by atoms with Crippen molar-refractivity contribution in [3.8, 4) is 0 Å². The minimum atomic E-state index is -0.928. The number of amides is 1. The van der Waals surface area contributed by atoms with Crippen LogP contribution >= 0.6 is 0 Å². The van der Waals surface area contributed by atoms with Gasteiger partial charge in [-0.25, -0.2) is 4.79 Å². The summed E-state index contributed by atoms with van der Waals surface area (Å²) in [5.41, 5.74) is 4.78. The van der Waals surface area contributed by atoms with Crippen LogP contribution < -0.4 is 11.1 Å². The van der Waals surface area contributed by atoms with Crippen molar-refractivity contribution < 1.29 is 19.1 Å². The summed E-state index contributed by atoms with van der Waals surface area (Å²) >= 11 is 0. The second-order valence-corrected chi connectivity index (χ2v) is 5.48. The highest BCUT2D eigenvalue weighted by molar-refractivity contribution is 5.90. The van der Waals surface area contributed by atoms with Crippen LogP contribution in [-0.4, -0.2) is 44.3 Å². The Bertz CT molecular complexity index is 338. The molecular weight excluding hydrogens is 260 g/mol.